The van der Waals surface area contributed by atoms with Gasteiger partial charge in [0.15, 0.2) is 0 Å². The Balaban J connectivity index is 3.58. The Morgan fingerprint density at radius 3 is 2.42 bits per heavy atom. The van der Waals surface area contributed by atoms with E-state index in [9.17, 15) is 19.5 Å². The number of amides is 2. The number of hydrazone groups is 1. The molecule has 4 N–H and O–H groups in total. The fourth-order valence-electron chi connectivity index (χ4n) is 1.52. The van der Waals surface area contributed by atoms with Crippen molar-refractivity contribution in [1.29, 1.82) is 0 Å². The van der Waals surface area contributed by atoms with Gasteiger partial charge in [-0.3, -0.25) is 13.9 Å². The second-order valence-electron chi connectivity index (χ2n) is 3.79. The maximum atomic E-state index is 12.0. The van der Waals surface area contributed by atoms with Gasteiger partial charge >= 0.3 is 11.7 Å². The Morgan fingerprint density at radius 2 is 1.95 bits per heavy atom. The molecule has 0 spiro atoms. The van der Waals surface area contributed by atoms with E-state index in [2.05, 4.69) is 5.10 Å². The van der Waals surface area contributed by atoms with Crippen molar-refractivity contribution in [3.8, 4) is 5.88 Å². The third kappa shape index (κ3) is 2.64. The molecule has 0 radical (unpaired) electrons. The topological polar surface area (TPSA) is 132 Å². The predicted octanol–water partition coefficient (Wildman–Crippen LogP) is -1.43. The molecule has 1 aromatic heterocycles. The van der Waals surface area contributed by atoms with Crippen molar-refractivity contribution >= 4 is 11.7 Å². The molecule has 0 aliphatic carbocycles. The highest BCUT2D eigenvalue weighted by atomic mass is 16.3. The third-order valence-electron chi connectivity index (χ3n) is 2.56. The number of aromatic nitrogens is 2. The van der Waals surface area contributed by atoms with E-state index < -0.39 is 23.2 Å². The maximum Gasteiger partial charge on any atom is 0.333 e. The highest BCUT2D eigenvalue weighted by Gasteiger charge is 2.19. The smallest absolute Gasteiger partial charge is 0.333 e. The minimum Gasteiger partial charge on any atom is -0.494 e. The fraction of sp³-hybridized carbons (Fsp3) is 0.400. The number of rotatable bonds is 3. The Kier molecular flexibility index (Phi) is 4.10. The summed E-state index contributed by atoms with van der Waals surface area (Å²) in [4.78, 5) is 34.2. The van der Waals surface area contributed by atoms with E-state index in [0.29, 0.717) is 0 Å². The first-order valence-corrected chi connectivity index (χ1v) is 5.42. The molecule has 0 aliphatic heterocycles. The normalized spacial score (nSPS) is 11.4. The lowest BCUT2D eigenvalue weighted by Gasteiger charge is -2.11. The molecule has 0 saturated carbocycles. The fourth-order valence-corrected chi connectivity index (χ4v) is 1.52. The molecule has 0 atom stereocenters. The van der Waals surface area contributed by atoms with Crippen molar-refractivity contribution in [2.45, 2.75) is 13.3 Å². The van der Waals surface area contributed by atoms with Crippen molar-refractivity contribution in [2.24, 2.45) is 24.9 Å². The number of primary amides is 1. The van der Waals surface area contributed by atoms with Crippen LogP contribution >= 0.6 is 0 Å². The molecule has 19 heavy (non-hydrogen) atoms. The van der Waals surface area contributed by atoms with Crippen molar-refractivity contribution in [3.63, 3.8) is 0 Å². The molecule has 104 valence electrons. The molecular weight excluding hydrogens is 254 g/mol. The van der Waals surface area contributed by atoms with E-state index in [0.717, 1.165) is 9.13 Å². The Morgan fingerprint density at radius 1 is 1.37 bits per heavy atom. The van der Waals surface area contributed by atoms with E-state index in [4.69, 9.17) is 5.73 Å². The van der Waals surface area contributed by atoms with Crippen LogP contribution in [0.2, 0.25) is 0 Å². The lowest BCUT2D eigenvalue weighted by Crippen LogP contribution is -2.40. The van der Waals surface area contributed by atoms with Crippen LogP contribution in [0.4, 0.5) is 4.79 Å². The van der Waals surface area contributed by atoms with Crippen LogP contribution < -0.4 is 22.4 Å². The van der Waals surface area contributed by atoms with Crippen molar-refractivity contribution < 1.29 is 9.90 Å². The van der Waals surface area contributed by atoms with Crippen LogP contribution in [-0.2, 0) is 14.1 Å². The summed E-state index contributed by atoms with van der Waals surface area (Å²) < 4.78 is 1.75. The van der Waals surface area contributed by atoms with Gasteiger partial charge in [0.2, 0.25) is 5.88 Å². The van der Waals surface area contributed by atoms with E-state index in [1.165, 1.54) is 14.1 Å². The van der Waals surface area contributed by atoms with Crippen molar-refractivity contribution in [1.82, 2.24) is 14.6 Å². The van der Waals surface area contributed by atoms with Crippen LogP contribution in [0, 0.1) is 0 Å². The van der Waals surface area contributed by atoms with E-state index in [-0.39, 0.29) is 17.7 Å². The summed E-state index contributed by atoms with van der Waals surface area (Å²) in [6.45, 7) is 1.67. The molecule has 0 unspecified atom stereocenters. The second-order valence-corrected chi connectivity index (χ2v) is 3.79. The molecule has 2 amide bonds. The first-order chi connectivity index (χ1) is 8.81. The summed E-state index contributed by atoms with van der Waals surface area (Å²) in [6.07, 6.45) is 0.251. The number of aromatic hydroxyl groups is 1. The molecule has 9 nitrogen and oxygen atoms in total. The highest BCUT2D eigenvalue weighted by Crippen LogP contribution is 2.11. The number of carbonyl (C=O) groups is 1. The van der Waals surface area contributed by atoms with Crippen molar-refractivity contribution in [3.05, 3.63) is 26.4 Å². The molecule has 1 aromatic rings. The van der Waals surface area contributed by atoms with Crippen molar-refractivity contribution in [2.75, 3.05) is 0 Å². The van der Waals surface area contributed by atoms with Crippen LogP contribution in [0.3, 0.4) is 0 Å². The first-order valence-electron chi connectivity index (χ1n) is 5.42. The minimum atomic E-state index is -0.896. The van der Waals surface area contributed by atoms with Crippen LogP contribution in [-0.4, -0.2) is 26.0 Å². The third-order valence-corrected chi connectivity index (χ3v) is 2.56. The van der Waals surface area contributed by atoms with Gasteiger partial charge in [0.05, 0.1) is 5.71 Å². The standard InChI is InChI=1S/C10H15N5O4/c1-4-5(12-13-9(11)18)6-7(16)14(2)10(19)15(3)8(6)17/h16H,4H2,1-3H3,(H3,11,13,18). The predicted molar refractivity (Wildman–Crippen MR) is 68.1 cm³/mol. The number of nitrogens with one attached hydrogen (secondary N) is 1. The van der Waals surface area contributed by atoms with Gasteiger partial charge < -0.3 is 10.8 Å². The number of nitrogens with two attached hydrogens (primary N) is 1. The van der Waals surface area contributed by atoms with E-state index in [1.807, 2.05) is 5.43 Å². The van der Waals surface area contributed by atoms with Gasteiger partial charge in [-0.05, 0) is 6.42 Å². The Hall–Kier alpha value is -2.58. The summed E-state index contributed by atoms with van der Waals surface area (Å²) in [7, 11) is 2.60. The van der Waals surface area contributed by atoms with E-state index in [1.54, 1.807) is 6.92 Å². The second kappa shape index (κ2) is 5.38. The SMILES string of the molecule is CCC(=NNC(N)=O)c1c(O)n(C)c(=O)n(C)c1=O. The number of carbonyl (C=O) groups excluding carboxylic acids is 1. The zero-order valence-corrected chi connectivity index (χ0v) is 10.8. The Bertz CT molecular complexity index is 655. The summed E-state index contributed by atoms with van der Waals surface area (Å²) in [5, 5.41) is 13.5. The Labute approximate surface area is 108 Å². The van der Waals surface area contributed by atoms with Crippen LogP contribution in [0.1, 0.15) is 18.9 Å². The molecule has 0 fully saturated rings. The van der Waals surface area contributed by atoms with Gasteiger partial charge in [-0.25, -0.2) is 15.0 Å². The summed E-state index contributed by atoms with van der Waals surface area (Å²) >= 11 is 0. The molecule has 0 bridgehead atoms. The highest BCUT2D eigenvalue weighted by molar-refractivity contribution is 6.02. The molecule has 1 heterocycles. The first kappa shape index (κ1) is 14.5. The number of urea groups is 1. The molecule has 0 aromatic carbocycles. The summed E-state index contributed by atoms with van der Waals surface area (Å²) in [6, 6.07) is -0.896. The van der Waals surface area contributed by atoms with Crippen LogP contribution in [0.15, 0.2) is 14.7 Å². The number of nitrogens with zero attached hydrogens (tertiary/aromatic N) is 3. The van der Waals surface area contributed by atoms with Crippen LogP contribution in [0.25, 0.3) is 0 Å². The van der Waals surface area contributed by atoms with Gasteiger partial charge in [-0.2, -0.15) is 5.10 Å². The lowest BCUT2D eigenvalue weighted by molar-refractivity contribution is 0.249. The monoisotopic (exact) mass is 269 g/mol. The van der Waals surface area contributed by atoms with Gasteiger partial charge in [-0.15, -0.1) is 0 Å². The molecule has 1 rings (SSSR count). The van der Waals surface area contributed by atoms with Gasteiger partial charge in [0.25, 0.3) is 5.56 Å². The molecule has 0 aliphatic rings. The zero-order valence-electron chi connectivity index (χ0n) is 10.8. The average molecular weight is 269 g/mol. The van der Waals surface area contributed by atoms with Gasteiger partial charge in [-0.1, -0.05) is 6.92 Å². The summed E-state index contributed by atoms with van der Waals surface area (Å²) in [5.41, 5.74) is 5.46. The van der Waals surface area contributed by atoms with Gasteiger partial charge in [0, 0.05) is 14.1 Å². The van der Waals surface area contributed by atoms with Gasteiger partial charge in [0.1, 0.15) is 5.56 Å². The zero-order chi connectivity index (χ0) is 14.7. The largest absolute Gasteiger partial charge is 0.494 e. The average Bonchev–Trinajstić information content (AvgIpc) is 2.37. The molecular formula is C10H15N5O4. The lowest BCUT2D eigenvalue weighted by atomic mass is 10.1. The minimum absolute atomic E-state index is 0.118. The quantitative estimate of drug-likeness (QED) is 0.458. The number of hydrogen-bond donors (Lipinski definition) is 3. The molecule has 9 heteroatoms. The number of hydrogen-bond acceptors (Lipinski definition) is 5. The summed E-state index contributed by atoms with van der Waals surface area (Å²) in [5.74, 6) is -0.514. The van der Waals surface area contributed by atoms with E-state index >= 15 is 0 Å². The van der Waals surface area contributed by atoms with Crippen LogP contribution in [0.5, 0.6) is 5.88 Å². The maximum absolute atomic E-state index is 12.0. The molecule has 0 saturated heterocycles.